The summed E-state index contributed by atoms with van der Waals surface area (Å²) in [6.45, 7) is 0. The van der Waals surface area contributed by atoms with Gasteiger partial charge in [0.05, 0.1) is 7.05 Å². The molecule has 1 heterocycles. The molecule has 0 saturated carbocycles. The first-order valence-corrected chi connectivity index (χ1v) is 2.19. The highest BCUT2D eigenvalue weighted by atomic mass is 15.7. The summed E-state index contributed by atoms with van der Waals surface area (Å²) >= 11 is 0. The number of rotatable bonds is 0. The lowest BCUT2D eigenvalue weighted by molar-refractivity contribution is 0.376. The molecule has 0 aliphatic rings. The number of hydrogen-bond donors (Lipinski definition) is 2. The van der Waals surface area contributed by atoms with Crippen molar-refractivity contribution in [2.24, 2.45) is 14.1 Å². The predicted octanol–water partition coefficient (Wildman–Crippen LogP) is -1.07. The minimum Gasteiger partial charge on any atom is -0.206 e. The third-order valence-electron chi connectivity index (χ3n) is 0.668. The summed E-state index contributed by atoms with van der Waals surface area (Å²) in [5.41, 5.74) is 0. The van der Waals surface area contributed by atoms with Gasteiger partial charge in [-0.15, -0.1) is 0 Å². The lowest BCUT2D eigenvalue weighted by atomic mass is 11.4. The first kappa shape index (κ1) is 4.95. The average Bonchev–Trinajstić information content (AvgIpc) is 1.64. The number of H-pyrrole nitrogens is 2. The molecule has 0 spiro atoms. The van der Waals surface area contributed by atoms with Gasteiger partial charge in [-0.05, 0) is 10.4 Å². The van der Waals surface area contributed by atoms with Crippen molar-refractivity contribution in [3.8, 4) is 0 Å². The van der Waals surface area contributed by atoms with Gasteiger partial charge in [0.25, 0.3) is 0 Å². The summed E-state index contributed by atoms with van der Waals surface area (Å²) in [5, 5.41) is 12.4. The summed E-state index contributed by atoms with van der Waals surface area (Å²) in [7, 11) is 3.54. The van der Waals surface area contributed by atoms with Crippen molar-refractivity contribution in [1.82, 2.24) is 30.4 Å². The van der Waals surface area contributed by atoms with Gasteiger partial charge < -0.3 is 0 Å². The number of nitrogens with zero attached hydrogens (tertiary/aromatic N) is 4. The Hall–Kier alpha value is -1.20. The maximum Gasteiger partial charge on any atom is 0.0507 e. The third kappa shape index (κ3) is 0.895. The van der Waals surface area contributed by atoms with E-state index in [2.05, 4.69) is 20.9 Å². The van der Waals surface area contributed by atoms with E-state index in [1.807, 2.05) is 0 Å². The fourth-order valence-electron chi connectivity index (χ4n) is 0.414. The van der Waals surface area contributed by atoms with Crippen LogP contribution in [-0.4, -0.2) is 30.4 Å². The van der Waals surface area contributed by atoms with Crippen LogP contribution in [0.3, 0.4) is 0 Å². The van der Waals surface area contributed by atoms with Crippen LogP contribution < -0.4 is 0 Å². The largest absolute Gasteiger partial charge is 0.206 e. The maximum absolute atomic E-state index is 3.57. The zero-order chi connectivity index (χ0) is 5.98. The smallest absolute Gasteiger partial charge is 0.0507 e. The molecular formula is C2H8N6. The SMILES string of the molecule is Cn1nn[nH]n(C)[nH]1. The van der Waals surface area contributed by atoms with Gasteiger partial charge in [-0.3, -0.25) is 0 Å². The lowest BCUT2D eigenvalue weighted by Gasteiger charge is -1.99. The molecule has 0 bridgehead atoms. The summed E-state index contributed by atoms with van der Waals surface area (Å²) in [6.07, 6.45) is 0. The van der Waals surface area contributed by atoms with E-state index in [9.17, 15) is 0 Å². The van der Waals surface area contributed by atoms with E-state index < -0.39 is 0 Å². The Bertz CT molecular complexity index is 166. The van der Waals surface area contributed by atoms with Gasteiger partial charge in [0.15, 0.2) is 0 Å². The monoisotopic (exact) mass is 116 g/mol. The van der Waals surface area contributed by atoms with Crippen LogP contribution in [0.5, 0.6) is 0 Å². The fourth-order valence-corrected chi connectivity index (χ4v) is 0.414. The van der Waals surface area contributed by atoms with E-state index in [0.29, 0.717) is 0 Å². The number of hydrogen-bond acceptors (Lipinski definition) is 2. The summed E-state index contributed by atoms with van der Waals surface area (Å²) < 4.78 is 0. The quantitative estimate of drug-likeness (QED) is 0.453. The Balaban J connectivity index is 3.08. The molecule has 1 rings (SSSR count). The van der Waals surface area contributed by atoms with Crippen LogP contribution in [0, 0.1) is 0 Å². The Labute approximate surface area is 45.7 Å². The molecule has 0 radical (unpaired) electrons. The highest BCUT2D eigenvalue weighted by molar-refractivity contribution is 4.09. The molecule has 1 aromatic rings. The first-order valence-electron chi connectivity index (χ1n) is 2.19. The number of nitrogens with one attached hydrogen (secondary N) is 2. The van der Waals surface area contributed by atoms with Gasteiger partial charge in [0.2, 0.25) is 0 Å². The third-order valence-corrected chi connectivity index (χ3v) is 0.668. The number of aryl methyl sites for hydroxylation is 2. The molecule has 8 heavy (non-hydrogen) atoms. The van der Waals surface area contributed by atoms with E-state index in [1.54, 1.807) is 18.9 Å². The molecule has 0 amide bonds. The van der Waals surface area contributed by atoms with Crippen molar-refractivity contribution < 1.29 is 0 Å². The van der Waals surface area contributed by atoms with E-state index in [1.165, 1.54) is 4.80 Å². The van der Waals surface area contributed by atoms with Gasteiger partial charge in [-0.2, -0.15) is 10.0 Å². The normalized spacial score (nSPS) is 9.25. The summed E-state index contributed by atoms with van der Waals surface area (Å²) in [5.74, 6) is 0. The van der Waals surface area contributed by atoms with Crippen LogP contribution in [0.25, 0.3) is 0 Å². The van der Waals surface area contributed by atoms with Crippen LogP contribution in [0.4, 0.5) is 0 Å². The molecule has 0 saturated heterocycles. The van der Waals surface area contributed by atoms with Crippen molar-refractivity contribution in [3.63, 3.8) is 0 Å². The fraction of sp³-hybridized carbons (Fsp3) is 1.00. The van der Waals surface area contributed by atoms with Gasteiger partial charge in [0, 0.05) is 7.05 Å². The van der Waals surface area contributed by atoms with Gasteiger partial charge in [-0.1, -0.05) is 0 Å². The van der Waals surface area contributed by atoms with Crippen LogP contribution in [0.15, 0.2) is 0 Å². The number of aromatic amines is 2. The second-order valence-electron chi connectivity index (χ2n) is 1.47. The molecule has 6 heteroatoms. The topological polar surface area (TPSA) is 67.2 Å². The Kier molecular flexibility index (Phi) is 1.07. The standard InChI is InChI=1S/C2H8N6/c1-7-4-3-5-8(2)6-7/h6H,1-2H3,(H,4,5). The first-order chi connectivity index (χ1) is 3.79. The molecule has 0 fully saturated rings. The van der Waals surface area contributed by atoms with E-state index in [0.717, 1.165) is 0 Å². The van der Waals surface area contributed by atoms with Crippen LogP contribution >= 0.6 is 0 Å². The lowest BCUT2D eigenvalue weighted by Crippen LogP contribution is -2.15. The zero-order valence-electron chi connectivity index (χ0n) is 4.79. The number of aromatic nitrogens is 6. The Morgan fingerprint density at radius 3 is 2.50 bits per heavy atom. The Morgan fingerprint density at radius 2 is 2.12 bits per heavy atom. The maximum atomic E-state index is 3.57. The molecule has 2 N–H and O–H groups in total. The minimum atomic E-state index is 1.48. The summed E-state index contributed by atoms with van der Waals surface area (Å²) in [4.78, 5) is 3.06. The van der Waals surface area contributed by atoms with Crippen LogP contribution in [0.2, 0.25) is 0 Å². The zero-order valence-corrected chi connectivity index (χ0v) is 4.79. The van der Waals surface area contributed by atoms with Gasteiger partial charge in [-0.25, -0.2) is 10.0 Å². The van der Waals surface area contributed by atoms with E-state index in [-0.39, 0.29) is 0 Å². The molecule has 0 aliphatic heterocycles. The van der Waals surface area contributed by atoms with E-state index >= 15 is 0 Å². The minimum absolute atomic E-state index is 1.48. The molecule has 0 unspecified atom stereocenters. The molecule has 6 nitrogen and oxygen atoms in total. The highest BCUT2D eigenvalue weighted by Gasteiger charge is 1.73. The average molecular weight is 116 g/mol. The van der Waals surface area contributed by atoms with Crippen LogP contribution in [-0.2, 0) is 14.1 Å². The summed E-state index contributed by atoms with van der Waals surface area (Å²) in [6, 6.07) is 0. The van der Waals surface area contributed by atoms with Crippen molar-refractivity contribution in [1.29, 1.82) is 0 Å². The molecule has 1 aromatic heterocycles. The van der Waals surface area contributed by atoms with Crippen molar-refractivity contribution in [3.05, 3.63) is 0 Å². The van der Waals surface area contributed by atoms with Crippen LogP contribution in [0.1, 0.15) is 0 Å². The van der Waals surface area contributed by atoms with Crippen molar-refractivity contribution >= 4 is 0 Å². The van der Waals surface area contributed by atoms with Gasteiger partial charge in [0.1, 0.15) is 0 Å². The molecule has 0 atom stereocenters. The predicted molar refractivity (Wildman–Crippen MR) is 26.3 cm³/mol. The highest BCUT2D eigenvalue weighted by Crippen LogP contribution is 1.56. The molecular weight excluding hydrogens is 108 g/mol. The van der Waals surface area contributed by atoms with Crippen molar-refractivity contribution in [2.75, 3.05) is 0 Å². The molecule has 46 valence electrons. The second kappa shape index (κ2) is 1.73. The van der Waals surface area contributed by atoms with E-state index in [4.69, 9.17) is 0 Å². The molecule has 0 aliphatic carbocycles. The van der Waals surface area contributed by atoms with Crippen molar-refractivity contribution in [2.45, 2.75) is 0 Å². The molecule has 0 aromatic carbocycles. The van der Waals surface area contributed by atoms with Gasteiger partial charge >= 0.3 is 0 Å². The Morgan fingerprint density at radius 1 is 1.38 bits per heavy atom. The second-order valence-corrected chi connectivity index (χ2v) is 1.47.